The van der Waals surface area contributed by atoms with E-state index < -0.39 is 0 Å². The Morgan fingerprint density at radius 1 is 0.426 bits per heavy atom. The van der Waals surface area contributed by atoms with Gasteiger partial charge in [-0.1, -0.05) is 158 Å². The van der Waals surface area contributed by atoms with Gasteiger partial charge in [0.05, 0.1) is 0 Å². The highest BCUT2D eigenvalue weighted by Gasteiger charge is 2.49. The number of hydrogen-bond donors (Lipinski definition) is 0. The Balaban J connectivity index is 1.26. The van der Waals surface area contributed by atoms with Gasteiger partial charge < -0.3 is 9.80 Å². The van der Waals surface area contributed by atoms with Crippen molar-refractivity contribution in [3.8, 4) is 0 Å². The van der Waals surface area contributed by atoms with E-state index in [9.17, 15) is 0 Å². The van der Waals surface area contributed by atoms with Crippen LogP contribution < -0.4 is 26.2 Å². The molecule has 6 aromatic rings. The fraction of sp³-hybridized carbons (Fsp3) is 0.446. The van der Waals surface area contributed by atoms with Crippen LogP contribution in [-0.2, 0) is 37.9 Å². The van der Waals surface area contributed by atoms with Gasteiger partial charge >= 0.3 is 0 Å². The minimum absolute atomic E-state index is 0.0524. The highest BCUT2D eigenvalue weighted by molar-refractivity contribution is 7.00. The largest absolute Gasteiger partial charge is 0.311 e. The summed E-state index contributed by atoms with van der Waals surface area (Å²) in [6.45, 7) is 41.8. The number of anilines is 6. The lowest BCUT2D eigenvalue weighted by molar-refractivity contribution is 0.330. The van der Waals surface area contributed by atoms with Crippen LogP contribution in [0.2, 0.25) is 0 Å². The van der Waals surface area contributed by atoms with Gasteiger partial charge in [-0.3, -0.25) is 0 Å². The average molecular weight is 897 g/mol. The number of fused-ring (bicyclic) bond motifs is 7. The molecule has 6 aromatic carbocycles. The zero-order chi connectivity index (χ0) is 48.6. The maximum atomic E-state index is 2.74. The van der Waals surface area contributed by atoms with E-state index >= 15 is 0 Å². The number of benzene rings is 6. The minimum Gasteiger partial charge on any atom is -0.311 e. The van der Waals surface area contributed by atoms with Crippen LogP contribution in [0.15, 0.2) is 97.1 Å². The summed E-state index contributed by atoms with van der Waals surface area (Å²) >= 11 is 0. The van der Waals surface area contributed by atoms with Crippen molar-refractivity contribution in [3.63, 3.8) is 0 Å². The molecule has 350 valence electrons. The van der Waals surface area contributed by atoms with Gasteiger partial charge in [-0.2, -0.15) is 0 Å². The second-order valence-corrected chi connectivity index (χ2v) is 26.8. The summed E-state index contributed by atoms with van der Waals surface area (Å²) in [6, 6.07) is 39.4. The fourth-order valence-electron chi connectivity index (χ4n) is 14.7. The summed E-state index contributed by atoms with van der Waals surface area (Å²) in [4.78, 5) is 5.47. The van der Waals surface area contributed by atoms with Crippen LogP contribution in [0.3, 0.4) is 0 Å². The molecule has 68 heavy (non-hydrogen) atoms. The zero-order valence-corrected chi connectivity index (χ0v) is 44.7. The van der Waals surface area contributed by atoms with E-state index in [0.717, 1.165) is 6.42 Å². The van der Waals surface area contributed by atoms with Crippen LogP contribution in [0, 0.1) is 20.8 Å². The first kappa shape index (κ1) is 45.4. The Morgan fingerprint density at radius 3 is 1.57 bits per heavy atom. The van der Waals surface area contributed by atoms with Gasteiger partial charge in [0.15, 0.2) is 0 Å². The van der Waals surface area contributed by atoms with Crippen LogP contribution in [0.5, 0.6) is 0 Å². The van der Waals surface area contributed by atoms with Crippen LogP contribution in [0.4, 0.5) is 34.1 Å². The Kier molecular flexibility index (Phi) is 9.55. The quantitative estimate of drug-likeness (QED) is 0.162. The van der Waals surface area contributed by atoms with Crippen LogP contribution in [-0.4, -0.2) is 6.71 Å². The van der Waals surface area contributed by atoms with Crippen molar-refractivity contribution < 1.29 is 0 Å². The Hall–Kier alpha value is -5.02. The lowest BCUT2D eigenvalue weighted by Crippen LogP contribution is -2.62. The third-order valence-electron chi connectivity index (χ3n) is 18.8. The number of nitrogens with zero attached hydrogens (tertiary/aromatic N) is 2. The van der Waals surface area contributed by atoms with Crippen molar-refractivity contribution in [1.29, 1.82) is 0 Å². The van der Waals surface area contributed by atoms with E-state index in [0.29, 0.717) is 0 Å². The topological polar surface area (TPSA) is 6.48 Å². The molecule has 0 N–H and O–H groups in total. The van der Waals surface area contributed by atoms with Crippen molar-refractivity contribution >= 4 is 57.2 Å². The first-order valence-corrected chi connectivity index (χ1v) is 26.1. The van der Waals surface area contributed by atoms with Gasteiger partial charge in [-0.25, -0.2) is 0 Å². The molecule has 0 aromatic heterocycles. The van der Waals surface area contributed by atoms with Gasteiger partial charge in [-0.15, -0.1) is 0 Å². The van der Waals surface area contributed by atoms with Gasteiger partial charge in [0.2, 0.25) is 0 Å². The van der Waals surface area contributed by atoms with E-state index in [-0.39, 0.29) is 44.6 Å². The first-order valence-electron chi connectivity index (χ1n) is 26.1. The SMILES string of the molecule is Cc1cc2c3c(c1)N(c1ccc4c(c1C)C(C)(C)CCC4(C)C)c1cc(C(C)(C)c4ccccc4)ccc1B3c1cc3c(cc1N2c1cc2c(cc1C)C(C)(C)CC2(C)C)C(C)(C)CCC3(C)C. The molecule has 0 saturated carbocycles. The molecule has 0 saturated heterocycles. The van der Waals surface area contributed by atoms with Crippen LogP contribution >= 0.6 is 0 Å². The first-order chi connectivity index (χ1) is 31.7. The molecule has 0 fully saturated rings. The summed E-state index contributed by atoms with van der Waals surface area (Å²) in [5.74, 6) is 0. The molecule has 3 heteroatoms. The second-order valence-electron chi connectivity index (χ2n) is 26.8. The normalized spacial score (nSPS) is 20.5. The maximum Gasteiger partial charge on any atom is 0.252 e. The molecule has 2 nitrogen and oxygen atoms in total. The van der Waals surface area contributed by atoms with Crippen molar-refractivity contribution in [1.82, 2.24) is 0 Å². The molecule has 3 aliphatic carbocycles. The molecule has 5 aliphatic rings. The van der Waals surface area contributed by atoms with E-state index in [4.69, 9.17) is 0 Å². The van der Waals surface area contributed by atoms with Crippen molar-refractivity contribution in [3.05, 3.63) is 158 Å². The second kappa shape index (κ2) is 14.3. The summed E-state index contributed by atoms with van der Waals surface area (Å²) in [7, 11) is 0. The van der Waals surface area contributed by atoms with Crippen LogP contribution in [0.25, 0.3) is 0 Å². The summed E-state index contributed by atoms with van der Waals surface area (Å²) in [5.41, 5.74) is 28.3. The fourth-order valence-corrected chi connectivity index (χ4v) is 14.7. The van der Waals surface area contributed by atoms with Crippen molar-refractivity contribution in [2.75, 3.05) is 9.80 Å². The zero-order valence-electron chi connectivity index (χ0n) is 44.7. The Bertz CT molecular complexity index is 3120. The highest BCUT2D eigenvalue weighted by Crippen LogP contribution is 2.56. The average Bonchev–Trinajstić information content (AvgIpc) is 3.44. The molecular formula is C65H77BN2. The minimum atomic E-state index is -0.208. The Morgan fingerprint density at radius 2 is 0.941 bits per heavy atom. The predicted octanol–water partition coefficient (Wildman–Crippen LogP) is 15.7. The molecule has 0 amide bonds. The lowest BCUT2D eigenvalue weighted by atomic mass is 9.33. The smallest absolute Gasteiger partial charge is 0.252 e. The lowest BCUT2D eigenvalue weighted by Gasteiger charge is -2.48. The van der Waals surface area contributed by atoms with E-state index in [1.807, 2.05) is 0 Å². The molecule has 2 heterocycles. The van der Waals surface area contributed by atoms with E-state index in [2.05, 4.69) is 225 Å². The molecule has 0 spiro atoms. The molecule has 0 bridgehead atoms. The van der Waals surface area contributed by atoms with Crippen LogP contribution in [0.1, 0.15) is 190 Å². The molecule has 11 rings (SSSR count). The number of aryl methyl sites for hydroxylation is 2. The highest BCUT2D eigenvalue weighted by atomic mass is 15.2. The number of hydrogen-bond acceptors (Lipinski definition) is 2. The van der Waals surface area contributed by atoms with Crippen molar-refractivity contribution in [2.45, 2.75) is 188 Å². The maximum absolute atomic E-state index is 2.74. The summed E-state index contributed by atoms with van der Waals surface area (Å²) in [6.07, 6.45) is 5.90. The van der Waals surface area contributed by atoms with Crippen molar-refractivity contribution in [2.24, 2.45) is 0 Å². The van der Waals surface area contributed by atoms with E-state index in [1.165, 1.54) is 132 Å². The summed E-state index contributed by atoms with van der Waals surface area (Å²) < 4.78 is 0. The molecule has 0 unspecified atom stereocenters. The third kappa shape index (κ3) is 6.41. The Labute approximate surface area is 411 Å². The van der Waals surface area contributed by atoms with Gasteiger partial charge in [0.1, 0.15) is 0 Å². The molecule has 2 aliphatic heterocycles. The summed E-state index contributed by atoms with van der Waals surface area (Å²) in [5, 5.41) is 0. The molecule has 0 radical (unpaired) electrons. The van der Waals surface area contributed by atoms with E-state index in [1.54, 1.807) is 5.56 Å². The predicted molar refractivity (Wildman–Crippen MR) is 294 cm³/mol. The molecular weight excluding hydrogens is 820 g/mol. The number of rotatable bonds is 4. The van der Waals surface area contributed by atoms with Gasteiger partial charge in [0.25, 0.3) is 6.71 Å². The van der Waals surface area contributed by atoms with Gasteiger partial charge in [0, 0.05) is 39.5 Å². The standard InChI is InChI=1S/C65H77BN2/c1-39-31-55-58-56(32-39)68(52-36-48-45(33-40(52)2)63(12,13)38-64(48,14)15)54-37-47-46(60(6,7)27-28-61(47,8)9)35-50(54)66(58)49-25-23-43(65(16,17)42-21-19-18-20-22-42)34-53(49)67(55)51-26-24-44-57(41(51)3)62(10,11)30-29-59(44,4)5/h18-26,31-37H,27-30,38H2,1-17H3. The monoisotopic (exact) mass is 897 g/mol. The molecule has 0 atom stereocenters. The van der Waals surface area contributed by atoms with Gasteiger partial charge in [-0.05, 0) is 199 Å². The third-order valence-corrected chi connectivity index (χ3v) is 18.8.